The summed E-state index contributed by atoms with van der Waals surface area (Å²) in [5, 5.41) is 2.79. The van der Waals surface area contributed by atoms with Gasteiger partial charge in [-0.2, -0.15) is 0 Å². The number of rotatable bonds is 6. The second-order valence-electron chi connectivity index (χ2n) is 3.70. The second-order valence-corrected chi connectivity index (χ2v) is 4.68. The third-order valence-corrected chi connectivity index (χ3v) is 3.14. The van der Waals surface area contributed by atoms with Gasteiger partial charge in [0.2, 0.25) is 5.91 Å². The van der Waals surface area contributed by atoms with E-state index < -0.39 is 5.82 Å². The van der Waals surface area contributed by atoms with E-state index >= 15 is 0 Å². The zero-order valence-corrected chi connectivity index (χ0v) is 10.6. The Morgan fingerprint density at radius 2 is 2.29 bits per heavy atom. The molecule has 0 saturated heterocycles. The molecule has 0 radical (unpaired) electrons. The summed E-state index contributed by atoms with van der Waals surface area (Å²) in [5.41, 5.74) is 6.36. The largest absolute Gasteiger partial charge is 0.396 e. The van der Waals surface area contributed by atoms with Gasteiger partial charge in [-0.05, 0) is 24.1 Å². The number of hydrogen-bond acceptors (Lipinski definition) is 3. The Hall–Kier alpha value is -1.23. The minimum Gasteiger partial charge on any atom is -0.396 e. The van der Waals surface area contributed by atoms with Crippen LogP contribution in [0.25, 0.3) is 0 Å². The lowest BCUT2D eigenvalue weighted by Crippen LogP contribution is -2.25. The molecule has 17 heavy (non-hydrogen) atoms. The normalized spacial score (nSPS) is 10.2. The standard InChI is InChI=1S/C12H17FN2OS/c1-2-5-15-12(16)8-17-7-9-3-4-11(14)10(13)6-9/h3-4,6H,2,5,7-8,14H2,1H3,(H,15,16). The number of benzene rings is 1. The molecule has 0 aliphatic rings. The van der Waals surface area contributed by atoms with Gasteiger partial charge in [-0.15, -0.1) is 11.8 Å². The summed E-state index contributed by atoms with van der Waals surface area (Å²) in [6, 6.07) is 4.73. The summed E-state index contributed by atoms with van der Waals surface area (Å²) >= 11 is 1.46. The lowest BCUT2D eigenvalue weighted by Gasteiger charge is -2.04. The number of hydrogen-bond donors (Lipinski definition) is 2. The van der Waals surface area contributed by atoms with Crippen LogP contribution in [0.1, 0.15) is 18.9 Å². The molecular formula is C12H17FN2OS. The first kappa shape index (κ1) is 13.8. The number of carbonyl (C=O) groups is 1. The number of thioether (sulfide) groups is 1. The van der Waals surface area contributed by atoms with Crippen LogP contribution in [-0.4, -0.2) is 18.2 Å². The molecule has 1 aromatic carbocycles. The van der Waals surface area contributed by atoms with Gasteiger partial charge in [0.15, 0.2) is 0 Å². The van der Waals surface area contributed by atoms with E-state index in [1.807, 2.05) is 6.92 Å². The monoisotopic (exact) mass is 256 g/mol. The molecule has 0 aliphatic heterocycles. The second kappa shape index (κ2) is 7.17. The lowest BCUT2D eigenvalue weighted by molar-refractivity contribution is -0.118. The van der Waals surface area contributed by atoms with Crippen molar-refractivity contribution in [3.05, 3.63) is 29.6 Å². The first-order valence-electron chi connectivity index (χ1n) is 5.51. The minimum atomic E-state index is -0.404. The predicted molar refractivity (Wildman–Crippen MR) is 70.3 cm³/mol. The maximum atomic E-state index is 13.1. The maximum absolute atomic E-state index is 13.1. The molecule has 0 atom stereocenters. The molecule has 0 unspecified atom stereocenters. The van der Waals surface area contributed by atoms with Gasteiger partial charge in [-0.25, -0.2) is 4.39 Å². The van der Waals surface area contributed by atoms with E-state index in [0.717, 1.165) is 12.0 Å². The van der Waals surface area contributed by atoms with Crippen molar-refractivity contribution < 1.29 is 9.18 Å². The van der Waals surface area contributed by atoms with Gasteiger partial charge >= 0.3 is 0 Å². The van der Waals surface area contributed by atoms with Crippen molar-refractivity contribution in [3.8, 4) is 0 Å². The van der Waals surface area contributed by atoms with Gasteiger partial charge in [0, 0.05) is 12.3 Å². The van der Waals surface area contributed by atoms with Crippen LogP contribution in [0, 0.1) is 5.82 Å². The molecule has 0 spiro atoms. The highest BCUT2D eigenvalue weighted by Crippen LogP contribution is 2.16. The zero-order valence-electron chi connectivity index (χ0n) is 9.83. The molecule has 3 nitrogen and oxygen atoms in total. The number of carbonyl (C=O) groups excluding carboxylic acids is 1. The van der Waals surface area contributed by atoms with E-state index in [2.05, 4.69) is 5.32 Å². The van der Waals surface area contributed by atoms with Crippen molar-refractivity contribution in [1.29, 1.82) is 0 Å². The van der Waals surface area contributed by atoms with Gasteiger partial charge in [0.1, 0.15) is 5.82 Å². The molecule has 3 N–H and O–H groups in total. The fourth-order valence-electron chi connectivity index (χ4n) is 1.24. The van der Waals surface area contributed by atoms with Gasteiger partial charge in [0.05, 0.1) is 11.4 Å². The number of nitrogen functional groups attached to an aromatic ring is 1. The number of nitrogens with one attached hydrogen (secondary N) is 1. The van der Waals surface area contributed by atoms with Crippen molar-refractivity contribution in [2.75, 3.05) is 18.0 Å². The topological polar surface area (TPSA) is 55.1 Å². The van der Waals surface area contributed by atoms with Crippen molar-refractivity contribution >= 4 is 23.4 Å². The molecule has 0 heterocycles. The summed E-state index contributed by atoms with van der Waals surface area (Å²) in [6.45, 7) is 2.71. The van der Waals surface area contributed by atoms with Crippen LogP contribution in [0.15, 0.2) is 18.2 Å². The van der Waals surface area contributed by atoms with Gasteiger partial charge in [0.25, 0.3) is 0 Å². The molecule has 5 heteroatoms. The molecule has 94 valence electrons. The Morgan fingerprint density at radius 1 is 1.53 bits per heavy atom. The molecule has 0 aromatic heterocycles. The minimum absolute atomic E-state index is 0.0211. The van der Waals surface area contributed by atoms with E-state index in [1.165, 1.54) is 17.8 Å². The van der Waals surface area contributed by atoms with Crippen molar-refractivity contribution in [3.63, 3.8) is 0 Å². The van der Waals surface area contributed by atoms with E-state index in [9.17, 15) is 9.18 Å². The Bertz CT molecular complexity index is 385. The number of amides is 1. The van der Waals surface area contributed by atoms with Crippen LogP contribution in [0.3, 0.4) is 0 Å². The van der Waals surface area contributed by atoms with E-state index in [-0.39, 0.29) is 11.6 Å². The molecule has 0 aliphatic carbocycles. The molecular weight excluding hydrogens is 239 g/mol. The molecule has 1 amide bonds. The molecule has 0 saturated carbocycles. The first-order valence-corrected chi connectivity index (χ1v) is 6.67. The lowest BCUT2D eigenvalue weighted by atomic mass is 10.2. The highest BCUT2D eigenvalue weighted by atomic mass is 32.2. The van der Waals surface area contributed by atoms with E-state index in [4.69, 9.17) is 5.73 Å². The highest BCUT2D eigenvalue weighted by Gasteiger charge is 2.03. The van der Waals surface area contributed by atoms with Crippen LogP contribution in [0.5, 0.6) is 0 Å². The van der Waals surface area contributed by atoms with Crippen LogP contribution in [0.4, 0.5) is 10.1 Å². The molecule has 0 bridgehead atoms. The average Bonchev–Trinajstić information content (AvgIpc) is 2.31. The van der Waals surface area contributed by atoms with Gasteiger partial charge in [-0.1, -0.05) is 13.0 Å². The predicted octanol–water partition coefficient (Wildman–Crippen LogP) is 2.17. The third kappa shape index (κ3) is 5.08. The first-order chi connectivity index (χ1) is 8.13. The summed E-state index contributed by atoms with van der Waals surface area (Å²) in [4.78, 5) is 11.3. The summed E-state index contributed by atoms with van der Waals surface area (Å²) < 4.78 is 13.1. The zero-order chi connectivity index (χ0) is 12.7. The quantitative estimate of drug-likeness (QED) is 0.767. The molecule has 1 aromatic rings. The van der Waals surface area contributed by atoms with Crippen LogP contribution in [-0.2, 0) is 10.5 Å². The summed E-state index contributed by atoms with van der Waals surface area (Å²) in [5.74, 6) is 0.620. The van der Waals surface area contributed by atoms with Crippen LogP contribution in [0.2, 0.25) is 0 Å². The Labute approximate surface area is 105 Å². The van der Waals surface area contributed by atoms with E-state index in [1.54, 1.807) is 12.1 Å². The van der Waals surface area contributed by atoms with Gasteiger partial charge < -0.3 is 11.1 Å². The van der Waals surface area contributed by atoms with Crippen molar-refractivity contribution in [1.82, 2.24) is 5.32 Å². The molecule has 0 fully saturated rings. The summed E-state index contributed by atoms with van der Waals surface area (Å²) in [7, 11) is 0. The van der Waals surface area contributed by atoms with Gasteiger partial charge in [-0.3, -0.25) is 4.79 Å². The number of anilines is 1. The van der Waals surface area contributed by atoms with E-state index in [0.29, 0.717) is 18.1 Å². The van der Waals surface area contributed by atoms with Crippen molar-refractivity contribution in [2.24, 2.45) is 0 Å². The Morgan fingerprint density at radius 3 is 2.94 bits per heavy atom. The molecule has 1 rings (SSSR count). The Balaban J connectivity index is 2.30. The average molecular weight is 256 g/mol. The Kier molecular flexibility index (Phi) is 5.83. The maximum Gasteiger partial charge on any atom is 0.230 e. The summed E-state index contributed by atoms with van der Waals surface area (Å²) in [6.07, 6.45) is 0.930. The number of nitrogens with two attached hydrogens (primary N) is 1. The smallest absolute Gasteiger partial charge is 0.230 e. The fraction of sp³-hybridized carbons (Fsp3) is 0.417. The third-order valence-electron chi connectivity index (χ3n) is 2.14. The van der Waals surface area contributed by atoms with Crippen molar-refractivity contribution in [2.45, 2.75) is 19.1 Å². The van der Waals surface area contributed by atoms with Crippen LogP contribution < -0.4 is 11.1 Å². The number of halogens is 1. The highest BCUT2D eigenvalue weighted by molar-refractivity contribution is 7.99. The fourth-order valence-corrected chi connectivity index (χ4v) is 2.04. The SMILES string of the molecule is CCCNC(=O)CSCc1ccc(N)c(F)c1. The van der Waals surface area contributed by atoms with Crippen LogP contribution >= 0.6 is 11.8 Å².